The first-order valence-corrected chi connectivity index (χ1v) is 12.1. The molecule has 0 aliphatic heterocycles. The monoisotopic (exact) mass is 457 g/mol. The molecule has 0 spiro atoms. The van der Waals surface area contributed by atoms with Crippen molar-refractivity contribution in [3.05, 3.63) is 82.4 Å². The van der Waals surface area contributed by atoms with Crippen LogP contribution >= 0.6 is 11.6 Å². The van der Waals surface area contributed by atoms with E-state index in [0.29, 0.717) is 10.8 Å². The average molecular weight is 458 g/mol. The lowest BCUT2D eigenvalue weighted by Crippen LogP contribution is -2.14. The number of hydrogen-bond donors (Lipinski definition) is 1. The molecule has 0 radical (unpaired) electrons. The molecule has 0 atom stereocenters. The fourth-order valence-electron chi connectivity index (χ4n) is 3.30. The van der Waals surface area contributed by atoms with Crippen LogP contribution in [0.5, 0.6) is 5.75 Å². The molecular weight excluding hydrogens is 430 g/mol. The molecule has 0 heterocycles. The Bertz CT molecular complexity index is 1140. The molecule has 0 aromatic heterocycles. The number of hydrogen-bond acceptors (Lipinski definition) is 4. The summed E-state index contributed by atoms with van der Waals surface area (Å²) in [4.78, 5) is 0.142. The lowest BCUT2D eigenvalue weighted by molar-refractivity contribution is 0.476. The van der Waals surface area contributed by atoms with Crippen LogP contribution in [0.1, 0.15) is 56.2 Å². The largest absolute Gasteiger partial charge is 0.378 e. The molecule has 0 aliphatic carbocycles. The van der Waals surface area contributed by atoms with Gasteiger partial charge in [-0.15, -0.1) is 0 Å². The van der Waals surface area contributed by atoms with E-state index in [0.717, 1.165) is 28.1 Å². The van der Waals surface area contributed by atoms with Crippen molar-refractivity contribution in [1.29, 1.82) is 0 Å². The van der Waals surface area contributed by atoms with Crippen LogP contribution < -0.4 is 9.50 Å². The maximum atomic E-state index is 13.0. The second kappa shape index (κ2) is 9.33. The van der Waals surface area contributed by atoms with E-state index < -0.39 is 10.1 Å². The first-order valence-electron chi connectivity index (χ1n) is 10.3. The van der Waals surface area contributed by atoms with E-state index in [4.69, 9.17) is 15.8 Å². The third-order valence-electron chi connectivity index (χ3n) is 5.01. The summed E-state index contributed by atoms with van der Waals surface area (Å²) in [6.07, 6.45) is 0. The van der Waals surface area contributed by atoms with Gasteiger partial charge in [-0.1, -0.05) is 63.1 Å². The molecule has 0 aliphatic rings. The number of anilines is 2. The Labute approximate surface area is 190 Å². The second-order valence-electron chi connectivity index (χ2n) is 8.28. The van der Waals surface area contributed by atoms with Gasteiger partial charge < -0.3 is 9.50 Å². The molecule has 3 aromatic rings. The molecule has 0 amide bonds. The predicted octanol–water partition coefficient (Wildman–Crippen LogP) is 7.41. The minimum absolute atomic E-state index is 0.0572. The minimum atomic E-state index is -3.96. The Morgan fingerprint density at radius 2 is 1.42 bits per heavy atom. The van der Waals surface area contributed by atoms with Crippen LogP contribution in [-0.4, -0.2) is 8.42 Å². The zero-order valence-electron chi connectivity index (χ0n) is 18.4. The molecule has 6 heteroatoms. The molecule has 3 rings (SSSR count). The van der Waals surface area contributed by atoms with Crippen molar-refractivity contribution >= 4 is 33.1 Å². The van der Waals surface area contributed by atoms with Crippen molar-refractivity contribution in [2.24, 2.45) is 0 Å². The Morgan fingerprint density at radius 1 is 0.839 bits per heavy atom. The molecule has 31 heavy (non-hydrogen) atoms. The lowest BCUT2D eigenvalue weighted by Gasteiger charge is -2.22. The van der Waals surface area contributed by atoms with Gasteiger partial charge in [0, 0.05) is 27.5 Å². The van der Waals surface area contributed by atoms with E-state index in [2.05, 4.69) is 5.32 Å². The number of rotatable bonds is 7. The van der Waals surface area contributed by atoms with E-state index >= 15 is 0 Å². The standard InChI is InChI=1S/C25H28ClNO3S/c1-16(2)23-14-21(27-20-8-6-7-19(26)13-20)15-24(17(3)4)25(23)30-31(28,29)22-11-9-18(5)10-12-22/h6-17,27H,1-5H3. The molecule has 0 saturated heterocycles. The van der Waals surface area contributed by atoms with Crippen LogP contribution in [0.15, 0.2) is 65.6 Å². The van der Waals surface area contributed by atoms with E-state index in [1.807, 2.05) is 71.0 Å². The third-order valence-corrected chi connectivity index (χ3v) is 6.48. The van der Waals surface area contributed by atoms with Crippen molar-refractivity contribution in [3.63, 3.8) is 0 Å². The Balaban J connectivity index is 2.07. The Hall–Kier alpha value is -2.50. The number of benzene rings is 3. The van der Waals surface area contributed by atoms with Gasteiger partial charge in [0.2, 0.25) is 0 Å². The first-order chi connectivity index (χ1) is 14.6. The summed E-state index contributed by atoms with van der Waals surface area (Å²) in [6, 6.07) is 18.0. The smallest absolute Gasteiger partial charge is 0.339 e. The molecule has 0 fully saturated rings. The van der Waals surface area contributed by atoms with Crippen LogP contribution in [0.3, 0.4) is 0 Å². The molecule has 164 valence electrons. The summed E-state index contributed by atoms with van der Waals surface area (Å²) in [6.45, 7) is 10.0. The van der Waals surface area contributed by atoms with Crippen molar-refractivity contribution in [2.45, 2.75) is 51.3 Å². The highest BCUT2D eigenvalue weighted by molar-refractivity contribution is 7.87. The summed E-state index contributed by atoms with van der Waals surface area (Å²) < 4.78 is 31.8. The van der Waals surface area contributed by atoms with Gasteiger partial charge in [-0.25, -0.2) is 0 Å². The van der Waals surface area contributed by atoms with Crippen molar-refractivity contribution in [2.75, 3.05) is 5.32 Å². The molecule has 1 N–H and O–H groups in total. The fraction of sp³-hybridized carbons (Fsp3) is 0.280. The van der Waals surface area contributed by atoms with Crippen molar-refractivity contribution in [1.82, 2.24) is 0 Å². The highest BCUT2D eigenvalue weighted by Gasteiger charge is 2.24. The molecule has 0 saturated carbocycles. The van der Waals surface area contributed by atoms with Crippen LogP contribution in [0.25, 0.3) is 0 Å². The van der Waals surface area contributed by atoms with Crippen LogP contribution in [0.4, 0.5) is 11.4 Å². The zero-order valence-corrected chi connectivity index (χ0v) is 20.0. The molecular formula is C25H28ClNO3S. The summed E-state index contributed by atoms with van der Waals surface area (Å²) in [5.41, 5.74) is 4.35. The lowest BCUT2D eigenvalue weighted by atomic mass is 9.93. The predicted molar refractivity (Wildman–Crippen MR) is 128 cm³/mol. The fourth-order valence-corrected chi connectivity index (χ4v) is 4.46. The maximum absolute atomic E-state index is 13.0. The minimum Gasteiger partial charge on any atom is -0.378 e. The molecule has 0 unspecified atom stereocenters. The van der Waals surface area contributed by atoms with Crippen LogP contribution in [0, 0.1) is 6.92 Å². The molecule has 0 bridgehead atoms. The quantitative estimate of drug-likeness (QED) is 0.375. The zero-order chi connectivity index (χ0) is 22.8. The van der Waals surface area contributed by atoms with Crippen molar-refractivity contribution in [3.8, 4) is 5.75 Å². The maximum Gasteiger partial charge on any atom is 0.339 e. The van der Waals surface area contributed by atoms with Gasteiger partial charge in [0.15, 0.2) is 0 Å². The summed E-state index contributed by atoms with van der Waals surface area (Å²) in [7, 11) is -3.96. The van der Waals surface area contributed by atoms with Crippen LogP contribution in [-0.2, 0) is 10.1 Å². The van der Waals surface area contributed by atoms with Crippen molar-refractivity contribution < 1.29 is 12.6 Å². The Morgan fingerprint density at radius 3 is 1.94 bits per heavy atom. The van der Waals surface area contributed by atoms with Gasteiger partial charge in [0.1, 0.15) is 10.6 Å². The summed E-state index contributed by atoms with van der Waals surface area (Å²) >= 11 is 6.11. The van der Waals surface area contributed by atoms with E-state index in [1.165, 1.54) is 0 Å². The van der Waals surface area contributed by atoms with Crippen LogP contribution in [0.2, 0.25) is 5.02 Å². The van der Waals surface area contributed by atoms with E-state index in [1.54, 1.807) is 24.3 Å². The van der Waals surface area contributed by atoms with E-state index in [9.17, 15) is 8.42 Å². The highest BCUT2D eigenvalue weighted by atomic mass is 35.5. The first kappa shape index (κ1) is 23.2. The number of nitrogens with one attached hydrogen (secondary N) is 1. The highest BCUT2D eigenvalue weighted by Crippen LogP contribution is 2.39. The topological polar surface area (TPSA) is 55.4 Å². The van der Waals surface area contributed by atoms with Gasteiger partial charge in [-0.2, -0.15) is 8.42 Å². The SMILES string of the molecule is Cc1ccc(S(=O)(=O)Oc2c(C(C)C)cc(Nc3cccc(Cl)c3)cc2C(C)C)cc1. The second-order valence-corrected chi connectivity index (χ2v) is 10.3. The number of aryl methyl sites for hydroxylation is 1. The average Bonchev–Trinajstić information content (AvgIpc) is 2.68. The van der Waals surface area contributed by atoms with Gasteiger partial charge in [0.05, 0.1) is 0 Å². The van der Waals surface area contributed by atoms with Gasteiger partial charge >= 0.3 is 10.1 Å². The van der Waals surface area contributed by atoms with Gasteiger partial charge in [0.25, 0.3) is 0 Å². The Kier molecular flexibility index (Phi) is 6.97. The summed E-state index contributed by atoms with van der Waals surface area (Å²) in [5.74, 6) is 0.519. The van der Waals surface area contributed by atoms with E-state index in [-0.39, 0.29) is 16.7 Å². The third kappa shape index (κ3) is 5.60. The van der Waals surface area contributed by atoms with Gasteiger partial charge in [-0.05, 0) is 61.2 Å². The normalized spacial score (nSPS) is 11.7. The molecule has 4 nitrogen and oxygen atoms in total. The number of halogens is 1. The van der Waals surface area contributed by atoms with Gasteiger partial charge in [-0.3, -0.25) is 0 Å². The molecule has 3 aromatic carbocycles. The summed E-state index contributed by atoms with van der Waals surface area (Å²) in [5, 5.41) is 4.01.